The van der Waals surface area contributed by atoms with Gasteiger partial charge in [-0.05, 0) is 47.1 Å². The van der Waals surface area contributed by atoms with Crippen molar-refractivity contribution in [2.75, 3.05) is 13.1 Å². The number of benzene rings is 1. The normalized spacial score (nSPS) is 18.9. The van der Waals surface area contributed by atoms with E-state index in [-0.39, 0.29) is 0 Å². The van der Waals surface area contributed by atoms with Gasteiger partial charge in [0.2, 0.25) is 5.79 Å². The Morgan fingerprint density at radius 3 is 1.96 bits per heavy atom. The molecule has 5 heteroatoms. The van der Waals surface area contributed by atoms with Crippen LogP contribution in [0.5, 0.6) is 0 Å². The maximum atomic E-state index is 5.73. The molecule has 1 aromatic rings. The SMILES string of the molecule is CC(C)(C)OOC1(OOC(C)(C)C)CCN(Cc2ccccc2)C1. The molecule has 0 saturated carbocycles. The first-order valence-electron chi connectivity index (χ1n) is 8.57. The van der Waals surface area contributed by atoms with Crippen LogP contribution in [0.4, 0.5) is 0 Å². The zero-order valence-corrected chi connectivity index (χ0v) is 15.8. The number of rotatable bonds is 6. The van der Waals surface area contributed by atoms with E-state index in [0.717, 1.165) is 13.1 Å². The molecule has 24 heavy (non-hydrogen) atoms. The van der Waals surface area contributed by atoms with Gasteiger partial charge < -0.3 is 0 Å². The molecule has 1 aliphatic rings. The Kier molecular flexibility index (Phi) is 6.04. The summed E-state index contributed by atoms with van der Waals surface area (Å²) < 4.78 is 0. The topological polar surface area (TPSA) is 40.2 Å². The van der Waals surface area contributed by atoms with Crippen LogP contribution in [0.2, 0.25) is 0 Å². The van der Waals surface area contributed by atoms with Crippen molar-refractivity contribution in [2.24, 2.45) is 0 Å². The number of hydrogen-bond acceptors (Lipinski definition) is 5. The fraction of sp³-hybridized carbons (Fsp3) is 0.684. The molecule has 1 heterocycles. The van der Waals surface area contributed by atoms with Crippen molar-refractivity contribution < 1.29 is 19.6 Å². The lowest BCUT2D eigenvalue weighted by molar-refractivity contribution is -0.536. The molecule has 5 nitrogen and oxygen atoms in total. The Morgan fingerprint density at radius 1 is 0.917 bits per heavy atom. The molecule has 1 aliphatic heterocycles. The van der Waals surface area contributed by atoms with Crippen LogP contribution in [0.1, 0.15) is 53.5 Å². The van der Waals surface area contributed by atoms with E-state index in [9.17, 15) is 0 Å². The fourth-order valence-corrected chi connectivity index (χ4v) is 2.36. The van der Waals surface area contributed by atoms with Gasteiger partial charge in [-0.2, -0.15) is 9.78 Å². The standard InChI is InChI=1S/C19H31NO4/c1-17(2,3)21-23-19(24-22-18(4,5)6)12-13-20(15-19)14-16-10-8-7-9-11-16/h7-11H,12-15H2,1-6H3. The quantitative estimate of drug-likeness (QED) is 0.444. The van der Waals surface area contributed by atoms with E-state index >= 15 is 0 Å². The molecule has 1 fully saturated rings. The maximum absolute atomic E-state index is 5.73. The highest BCUT2D eigenvalue weighted by atomic mass is 17.3. The molecule has 1 aromatic carbocycles. The Labute approximate surface area is 145 Å². The first kappa shape index (κ1) is 19.3. The molecular formula is C19H31NO4. The minimum absolute atomic E-state index is 0.412. The van der Waals surface area contributed by atoms with Crippen molar-refractivity contribution in [3.63, 3.8) is 0 Å². The van der Waals surface area contributed by atoms with Crippen LogP contribution in [0, 0.1) is 0 Å². The van der Waals surface area contributed by atoms with Crippen LogP contribution in [0.3, 0.4) is 0 Å². The van der Waals surface area contributed by atoms with Crippen molar-refractivity contribution in [2.45, 2.75) is 71.5 Å². The molecule has 1 saturated heterocycles. The summed E-state index contributed by atoms with van der Waals surface area (Å²) in [6.45, 7) is 14.0. The zero-order valence-electron chi connectivity index (χ0n) is 15.8. The third-order valence-electron chi connectivity index (χ3n) is 3.41. The minimum Gasteiger partial charge on any atom is -0.293 e. The predicted octanol–water partition coefficient (Wildman–Crippen LogP) is 4.08. The zero-order chi connectivity index (χ0) is 17.8. The highest BCUT2D eigenvalue weighted by molar-refractivity contribution is 5.14. The summed E-state index contributed by atoms with van der Waals surface area (Å²) in [6.07, 6.45) is 0.687. The lowest BCUT2D eigenvalue weighted by Gasteiger charge is -2.32. The average Bonchev–Trinajstić information content (AvgIpc) is 2.87. The average molecular weight is 337 g/mol. The lowest BCUT2D eigenvalue weighted by atomic mass is 10.2. The first-order chi connectivity index (χ1) is 11.1. The molecule has 0 amide bonds. The van der Waals surface area contributed by atoms with Crippen LogP contribution in [0.25, 0.3) is 0 Å². The molecule has 0 spiro atoms. The van der Waals surface area contributed by atoms with E-state index in [0.29, 0.717) is 13.0 Å². The van der Waals surface area contributed by atoms with E-state index < -0.39 is 17.0 Å². The van der Waals surface area contributed by atoms with Crippen molar-refractivity contribution >= 4 is 0 Å². The van der Waals surface area contributed by atoms with Gasteiger partial charge in [0, 0.05) is 19.5 Å². The summed E-state index contributed by atoms with van der Waals surface area (Å²) in [7, 11) is 0. The summed E-state index contributed by atoms with van der Waals surface area (Å²) in [5.41, 5.74) is 0.442. The molecule has 0 N–H and O–H groups in total. The summed E-state index contributed by atoms with van der Waals surface area (Å²) in [5.74, 6) is -0.907. The third kappa shape index (κ3) is 6.49. The lowest BCUT2D eigenvalue weighted by Crippen LogP contribution is -2.43. The van der Waals surface area contributed by atoms with E-state index in [1.165, 1.54) is 5.56 Å². The van der Waals surface area contributed by atoms with Crippen LogP contribution in [-0.4, -0.2) is 35.0 Å². The van der Waals surface area contributed by atoms with Crippen LogP contribution < -0.4 is 0 Å². The third-order valence-corrected chi connectivity index (χ3v) is 3.41. The second-order valence-corrected chi connectivity index (χ2v) is 8.42. The molecule has 0 unspecified atom stereocenters. The monoisotopic (exact) mass is 337 g/mol. The van der Waals surface area contributed by atoms with Crippen molar-refractivity contribution in [1.29, 1.82) is 0 Å². The number of hydrogen-bond donors (Lipinski definition) is 0. The van der Waals surface area contributed by atoms with E-state index in [4.69, 9.17) is 19.6 Å². The van der Waals surface area contributed by atoms with Gasteiger partial charge in [0.25, 0.3) is 0 Å². The smallest absolute Gasteiger partial charge is 0.247 e. The Morgan fingerprint density at radius 2 is 1.46 bits per heavy atom. The molecule has 0 aromatic heterocycles. The second kappa shape index (κ2) is 7.50. The Balaban J connectivity index is 2.01. The van der Waals surface area contributed by atoms with Crippen LogP contribution in [-0.2, 0) is 26.1 Å². The largest absolute Gasteiger partial charge is 0.293 e. The predicted molar refractivity (Wildman–Crippen MR) is 92.9 cm³/mol. The maximum Gasteiger partial charge on any atom is 0.247 e. The fourth-order valence-electron chi connectivity index (χ4n) is 2.36. The molecule has 0 radical (unpaired) electrons. The van der Waals surface area contributed by atoms with Gasteiger partial charge in [-0.15, -0.1) is 0 Å². The van der Waals surface area contributed by atoms with Gasteiger partial charge in [-0.25, -0.2) is 9.78 Å². The Bertz CT molecular complexity index is 486. The van der Waals surface area contributed by atoms with Crippen molar-refractivity contribution in [3.05, 3.63) is 35.9 Å². The van der Waals surface area contributed by atoms with Gasteiger partial charge in [-0.1, -0.05) is 30.3 Å². The molecule has 0 aliphatic carbocycles. The summed E-state index contributed by atoms with van der Waals surface area (Å²) >= 11 is 0. The van der Waals surface area contributed by atoms with Gasteiger partial charge in [-0.3, -0.25) is 4.90 Å². The van der Waals surface area contributed by atoms with Crippen LogP contribution in [0.15, 0.2) is 30.3 Å². The van der Waals surface area contributed by atoms with E-state index in [2.05, 4.69) is 29.2 Å². The summed E-state index contributed by atoms with van der Waals surface area (Å²) in [6, 6.07) is 10.4. The van der Waals surface area contributed by atoms with Gasteiger partial charge in [0.05, 0.1) is 17.7 Å². The summed E-state index contributed by atoms with van der Waals surface area (Å²) in [5, 5.41) is 0. The van der Waals surface area contributed by atoms with Crippen LogP contribution >= 0.6 is 0 Å². The van der Waals surface area contributed by atoms with Gasteiger partial charge in [0.1, 0.15) is 0 Å². The van der Waals surface area contributed by atoms with Gasteiger partial charge in [0.15, 0.2) is 0 Å². The first-order valence-corrected chi connectivity index (χ1v) is 8.57. The van der Waals surface area contributed by atoms with Gasteiger partial charge >= 0.3 is 0 Å². The Hall–Kier alpha value is -0.980. The van der Waals surface area contributed by atoms with E-state index in [1.54, 1.807) is 0 Å². The minimum atomic E-state index is -0.907. The molecule has 0 atom stereocenters. The molecule has 0 bridgehead atoms. The highest BCUT2D eigenvalue weighted by Crippen LogP contribution is 2.31. The number of nitrogens with zero attached hydrogens (tertiary/aromatic N) is 1. The van der Waals surface area contributed by atoms with Crippen molar-refractivity contribution in [3.8, 4) is 0 Å². The molecular weight excluding hydrogens is 306 g/mol. The van der Waals surface area contributed by atoms with E-state index in [1.807, 2.05) is 47.6 Å². The molecule has 2 rings (SSSR count). The summed E-state index contributed by atoms with van der Waals surface area (Å²) in [4.78, 5) is 24.8. The highest BCUT2D eigenvalue weighted by Gasteiger charge is 2.45. The molecule has 136 valence electrons. The second-order valence-electron chi connectivity index (χ2n) is 8.42. The number of likely N-dealkylation sites (tertiary alicyclic amines) is 1. The van der Waals surface area contributed by atoms with Crippen molar-refractivity contribution in [1.82, 2.24) is 4.90 Å².